The Morgan fingerprint density at radius 2 is 1.54 bits per heavy atom. The van der Waals surface area contributed by atoms with Crippen molar-refractivity contribution in [1.82, 2.24) is 16.0 Å². The van der Waals surface area contributed by atoms with Crippen molar-refractivity contribution in [3.05, 3.63) is 0 Å². The number of thioether (sulfide) groups is 1. The van der Waals surface area contributed by atoms with Crippen molar-refractivity contribution in [2.75, 3.05) is 17.8 Å². The van der Waals surface area contributed by atoms with Gasteiger partial charge in [-0.15, -0.1) is 0 Å². The van der Waals surface area contributed by atoms with Crippen LogP contribution in [0.2, 0.25) is 0 Å². The average molecular weight is 439 g/mol. The molecule has 0 aliphatic heterocycles. The standard InChI is InChI=1S/C15H26N4O7S2/c1-7(15(25)26)17-14(24)10(6-27)19-13(23)9(3-4-28-2)18-12(22)8(16)5-11(20)21/h7-10,27H,3-6,16H2,1-2H3,(H,17,24)(H,18,22)(H,19,23)(H,20,21)(H,25,26). The van der Waals surface area contributed by atoms with Crippen LogP contribution in [0.5, 0.6) is 0 Å². The van der Waals surface area contributed by atoms with E-state index in [1.54, 1.807) is 6.26 Å². The van der Waals surface area contributed by atoms with Gasteiger partial charge in [-0.1, -0.05) is 0 Å². The molecule has 13 heteroatoms. The van der Waals surface area contributed by atoms with Crippen LogP contribution in [0.25, 0.3) is 0 Å². The number of hydrogen-bond donors (Lipinski definition) is 7. The Bertz CT molecular complexity index is 591. The molecule has 28 heavy (non-hydrogen) atoms. The minimum absolute atomic E-state index is 0.106. The summed E-state index contributed by atoms with van der Waals surface area (Å²) in [6.07, 6.45) is 1.41. The van der Waals surface area contributed by atoms with Crippen molar-refractivity contribution in [3.8, 4) is 0 Å². The highest BCUT2D eigenvalue weighted by molar-refractivity contribution is 7.98. The number of nitrogens with one attached hydrogen (secondary N) is 3. The van der Waals surface area contributed by atoms with Crippen molar-refractivity contribution in [3.63, 3.8) is 0 Å². The first kappa shape index (κ1) is 26.0. The maximum atomic E-state index is 12.5. The summed E-state index contributed by atoms with van der Waals surface area (Å²) in [6, 6.07) is -4.67. The van der Waals surface area contributed by atoms with Gasteiger partial charge in [-0.2, -0.15) is 24.4 Å². The molecule has 0 fully saturated rings. The molecule has 0 aliphatic rings. The van der Waals surface area contributed by atoms with Crippen LogP contribution in [0.3, 0.4) is 0 Å². The van der Waals surface area contributed by atoms with Crippen LogP contribution in [-0.2, 0) is 24.0 Å². The van der Waals surface area contributed by atoms with Crippen molar-refractivity contribution in [1.29, 1.82) is 0 Å². The van der Waals surface area contributed by atoms with Gasteiger partial charge in [0.05, 0.1) is 12.5 Å². The van der Waals surface area contributed by atoms with Gasteiger partial charge in [0, 0.05) is 5.75 Å². The van der Waals surface area contributed by atoms with E-state index in [-0.39, 0.29) is 12.2 Å². The van der Waals surface area contributed by atoms with Crippen molar-refractivity contribution in [2.24, 2.45) is 5.73 Å². The molecule has 0 saturated heterocycles. The fourth-order valence-corrected chi connectivity index (χ4v) is 2.63. The molecule has 0 heterocycles. The monoisotopic (exact) mass is 438 g/mol. The fourth-order valence-electron chi connectivity index (χ4n) is 1.91. The number of thiol groups is 1. The summed E-state index contributed by atoms with van der Waals surface area (Å²) in [6.45, 7) is 1.27. The molecular weight excluding hydrogens is 412 g/mol. The molecule has 4 unspecified atom stereocenters. The maximum Gasteiger partial charge on any atom is 0.325 e. The lowest BCUT2D eigenvalue weighted by molar-refractivity contribution is -0.141. The van der Waals surface area contributed by atoms with Gasteiger partial charge in [0.1, 0.15) is 18.1 Å². The first-order valence-electron chi connectivity index (χ1n) is 8.24. The Kier molecular flexibility index (Phi) is 12.3. The molecule has 7 N–H and O–H groups in total. The average Bonchev–Trinajstić information content (AvgIpc) is 2.61. The molecule has 0 saturated carbocycles. The zero-order chi connectivity index (χ0) is 21.9. The number of amides is 3. The first-order chi connectivity index (χ1) is 13.0. The third kappa shape index (κ3) is 9.80. The predicted molar refractivity (Wildman–Crippen MR) is 106 cm³/mol. The summed E-state index contributed by atoms with van der Waals surface area (Å²) in [5.74, 6) is -4.35. The second-order valence-electron chi connectivity index (χ2n) is 5.86. The second-order valence-corrected chi connectivity index (χ2v) is 7.21. The van der Waals surface area contributed by atoms with Crippen LogP contribution in [0.15, 0.2) is 0 Å². The van der Waals surface area contributed by atoms with Crippen LogP contribution in [0.1, 0.15) is 19.8 Å². The van der Waals surface area contributed by atoms with Crippen molar-refractivity contribution >= 4 is 54.1 Å². The molecule has 0 bridgehead atoms. The lowest BCUT2D eigenvalue weighted by Gasteiger charge is -2.23. The van der Waals surface area contributed by atoms with Gasteiger partial charge in [0.25, 0.3) is 0 Å². The van der Waals surface area contributed by atoms with E-state index in [2.05, 4.69) is 28.6 Å². The number of carbonyl (C=O) groups excluding carboxylic acids is 3. The van der Waals surface area contributed by atoms with Crippen LogP contribution in [-0.4, -0.2) is 81.8 Å². The Labute approximate surface area is 172 Å². The predicted octanol–water partition coefficient (Wildman–Crippen LogP) is -1.97. The Balaban J connectivity index is 5.06. The Hall–Kier alpha value is -1.99. The summed E-state index contributed by atoms with van der Waals surface area (Å²) in [4.78, 5) is 58.1. The van der Waals surface area contributed by atoms with Gasteiger partial charge in [-0.3, -0.25) is 24.0 Å². The molecule has 0 aromatic rings. The summed E-state index contributed by atoms with van der Waals surface area (Å²) < 4.78 is 0. The Morgan fingerprint density at radius 3 is 2.00 bits per heavy atom. The van der Waals surface area contributed by atoms with E-state index in [1.165, 1.54) is 18.7 Å². The van der Waals surface area contributed by atoms with Gasteiger partial charge >= 0.3 is 11.9 Å². The summed E-state index contributed by atoms with van der Waals surface area (Å²) in [5, 5.41) is 24.5. The molecule has 3 amide bonds. The van der Waals surface area contributed by atoms with E-state index in [1.807, 2.05) is 0 Å². The number of rotatable bonds is 13. The van der Waals surface area contributed by atoms with E-state index in [4.69, 9.17) is 15.9 Å². The third-order valence-electron chi connectivity index (χ3n) is 3.52. The summed E-state index contributed by atoms with van der Waals surface area (Å²) in [5.41, 5.74) is 5.49. The molecule has 0 spiro atoms. The molecule has 160 valence electrons. The lowest BCUT2D eigenvalue weighted by atomic mass is 10.1. The SMILES string of the molecule is CSCCC(NC(=O)C(N)CC(=O)O)C(=O)NC(CS)C(=O)NC(C)C(=O)O. The fraction of sp³-hybridized carbons (Fsp3) is 0.667. The number of nitrogens with two attached hydrogens (primary N) is 1. The number of carboxylic acid groups (broad SMARTS) is 2. The normalized spacial score (nSPS) is 14.9. The largest absolute Gasteiger partial charge is 0.481 e. The molecule has 0 aromatic carbocycles. The topological polar surface area (TPSA) is 188 Å². The highest BCUT2D eigenvalue weighted by atomic mass is 32.2. The quantitative estimate of drug-likeness (QED) is 0.160. The third-order valence-corrected chi connectivity index (χ3v) is 4.53. The van der Waals surface area contributed by atoms with Crippen LogP contribution >= 0.6 is 24.4 Å². The highest BCUT2D eigenvalue weighted by Gasteiger charge is 2.29. The number of hydrogen-bond acceptors (Lipinski definition) is 8. The number of carboxylic acids is 2. The molecule has 0 radical (unpaired) electrons. The first-order valence-corrected chi connectivity index (χ1v) is 10.3. The van der Waals surface area contributed by atoms with Crippen LogP contribution < -0.4 is 21.7 Å². The Morgan fingerprint density at radius 1 is 1.00 bits per heavy atom. The molecule has 0 rings (SSSR count). The van der Waals surface area contributed by atoms with E-state index < -0.39 is 60.2 Å². The molecule has 4 atom stereocenters. The minimum Gasteiger partial charge on any atom is -0.481 e. The van der Waals surface area contributed by atoms with Gasteiger partial charge in [-0.05, 0) is 25.4 Å². The van der Waals surface area contributed by atoms with E-state index in [9.17, 15) is 24.0 Å². The molecule has 0 aliphatic carbocycles. The smallest absolute Gasteiger partial charge is 0.325 e. The van der Waals surface area contributed by atoms with Gasteiger partial charge in [0.15, 0.2) is 0 Å². The summed E-state index contributed by atoms with van der Waals surface area (Å²) in [7, 11) is 0. The summed E-state index contributed by atoms with van der Waals surface area (Å²) >= 11 is 5.40. The van der Waals surface area contributed by atoms with E-state index in [0.29, 0.717) is 5.75 Å². The maximum absolute atomic E-state index is 12.5. The highest BCUT2D eigenvalue weighted by Crippen LogP contribution is 2.03. The second kappa shape index (κ2) is 13.2. The molecular formula is C15H26N4O7S2. The van der Waals surface area contributed by atoms with Crippen LogP contribution in [0.4, 0.5) is 0 Å². The van der Waals surface area contributed by atoms with E-state index >= 15 is 0 Å². The van der Waals surface area contributed by atoms with Gasteiger partial charge in [-0.25, -0.2) is 0 Å². The van der Waals surface area contributed by atoms with Crippen LogP contribution in [0, 0.1) is 0 Å². The van der Waals surface area contributed by atoms with Crippen molar-refractivity contribution < 1.29 is 34.2 Å². The number of carbonyl (C=O) groups is 5. The zero-order valence-corrected chi connectivity index (χ0v) is 17.2. The van der Waals surface area contributed by atoms with Gasteiger partial charge < -0.3 is 31.9 Å². The minimum atomic E-state index is -1.33. The zero-order valence-electron chi connectivity index (χ0n) is 15.5. The molecule has 11 nitrogen and oxygen atoms in total. The van der Waals surface area contributed by atoms with Gasteiger partial charge in [0.2, 0.25) is 17.7 Å². The molecule has 0 aromatic heterocycles. The lowest BCUT2D eigenvalue weighted by Crippen LogP contribution is -2.57. The van der Waals surface area contributed by atoms with Crippen molar-refractivity contribution in [2.45, 2.75) is 43.9 Å². The van der Waals surface area contributed by atoms with E-state index in [0.717, 1.165) is 0 Å². The number of aliphatic carboxylic acids is 2.